The predicted octanol–water partition coefficient (Wildman–Crippen LogP) is 3.57. The van der Waals surface area contributed by atoms with Gasteiger partial charge in [0.2, 0.25) is 0 Å². The second kappa shape index (κ2) is 6.18. The van der Waals surface area contributed by atoms with Crippen molar-refractivity contribution in [3.8, 4) is 0 Å². The van der Waals surface area contributed by atoms with Crippen LogP contribution in [0, 0.1) is 0 Å². The Morgan fingerprint density at radius 3 is 2.52 bits per heavy atom. The van der Waals surface area contributed by atoms with Crippen molar-refractivity contribution < 1.29 is 9.90 Å². The molecule has 21 heavy (non-hydrogen) atoms. The van der Waals surface area contributed by atoms with E-state index in [1.807, 2.05) is 0 Å². The van der Waals surface area contributed by atoms with Crippen LogP contribution in [0.2, 0.25) is 0 Å². The molecule has 1 saturated heterocycles. The number of aliphatic carboxylic acids is 1. The highest BCUT2D eigenvalue weighted by molar-refractivity contribution is 5.69. The van der Waals surface area contributed by atoms with Crippen LogP contribution in [0.25, 0.3) is 0 Å². The average molecular weight is 287 g/mol. The van der Waals surface area contributed by atoms with E-state index in [9.17, 15) is 9.90 Å². The maximum atomic E-state index is 11.6. The molecule has 3 heteroatoms. The summed E-state index contributed by atoms with van der Waals surface area (Å²) >= 11 is 0. The van der Waals surface area contributed by atoms with Crippen LogP contribution >= 0.6 is 0 Å². The summed E-state index contributed by atoms with van der Waals surface area (Å²) in [6, 6.07) is 8.50. The van der Waals surface area contributed by atoms with Gasteiger partial charge in [-0.2, -0.15) is 0 Å². The van der Waals surface area contributed by atoms with E-state index >= 15 is 0 Å². The minimum absolute atomic E-state index is 0.240. The molecule has 3 nitrogen and oxygen atoms in total. The standard InChI is InChI=1S/C18H25NO2/c20-17(21)14-18(19-12-5-1-2-6-13-19)11-7-9-15-8-3-4-10-16(15)18/h3-4,8,10H,1-2,5-7,9,11-14H2,(H,20,21). The molecule has 1 heterocycles. The molecule has 0 spiro atoms. The van der Waals surface area contributed by atoms with E-state index in [4.69, 9.17) is 0 Å². The number of carboxylic acids is 1. The quantitative estimate of drug-likeness (QED) is 0.924. The molecule has 0 saturated carbocycles. The highest BCUT2D eigenvalue weighted by Crippen LogP contribution is 2.43. The zero-order valence-corrected chi connectivity index (χ0v) is 12.7. The second-order valence-electron chi connectivity index (χ2n) is 6.51. The summed E-state index contributed by atoms with van der Waals surface area (Å²) in [6.45, 7) is 2.09. The Hall–Kier alpha value is -1.35. The van der Waals surface area contributed by atoms with E-state index in [1.54, 1.807) is 0 Å². The van der Waals surface area contributed by atoms with Crippen LogP contribution in [-0.4, -0.2) is 29.1 Å². The first-order chi connectivity index (χ1) is 10.2. The van der Waals surface area contributed by atoms with Crippen LogP contribution in [0.15, 0.2) is 24.3 Å². The summed E-state index contributed by atoms with van der Waals surface area (Å²) in [5.74, 6) is -0.670. The van der Waals surface area contributed by atoms with E-state index in [-0.39, 0.29) is 12.0 Å². The largest absolute Gasteiger partial charge is 0.481 e. The minimum Gasteiger partial charge on any atom is -0.481 e. The number of aryl methyl sites for hydroxylation is 1. The number of carbonyl (C=O) groups is 1. The Bertz CT molecular complexity index is 506. The third kappa shape index (κ3) is 2.84. The second-order valence-corrected chi connectivity index (χ2v) is 6.51. The molecule has 1 aliphatic heterocycles. The summed E-state index contributed by atoms with van der Waals surface area (Å²) in [7, 11) is 0. The van der Waals surface area contributed by atoms with Crippen molar-refractivity contribution in [1.29, 1.82) is 0 Å². The molecule has 1 N–H and O–H groups in total. The monoisotopic (exact) mass is 287 g/mol. The normalized spacial score (nSPS) is 26.9. The van der Waals surface area contributed by atoms with Crippen molar-refractivity contribution in [2.45, 2.75) is 56.9 Å². The fourth-order valence-corrected chi connectivity index (χ4v) is 4.27. The fourth-order valence-electron chi connectivity index (χ4n) is 4.27. The van der Waals surface area contributed by atoms with E-state index in [1.165, 1.54) is 36.8 Å². The van der Waals surface area contributed by atoms with Crippen LogP contribution in [0.3, 0.4) is 0 Å². The molecule has 2 aliphatic rings. The SMILES string of the molecule is O=C(O)CC1(N2CCCCCC2)CCCc2ccccc21. The van der Waals surface area contributed by atoms with Crippen LogP contribution < -0.4 is 0 Å². The number of benzene rings is 1. The topological polar surface area (TPSA) is 40.5 Å². The van der Waals surface area contributed by atoms with E-state index in [0.29, 0.717) is 0 Å². The third-order valence-corrected chi connectivity index (χ3v) is 5.21. The first-order valence-corrected chi connectivity index (χ1v) is 8.28. The van der Waals surface area contributed by atoms with Crippen molar-refractivity contribution in [3.05, 3.63) is 35.4 Å². The number of hydrogen-bond donors (Lipinski definition) is 1. The fraction of sp³-hybridized carbons (Fsp3) is 0.611. The molecular formula is C18H25NO2. The Labute approximate surface area is 127 Å². The predicted molar refractivity (Wildman–Crippen MR) is 83.4 cm³/mol. The summed E-state index contributed by atoms with van der Waals surface area (Å²) in [4.78, 5) is 14.1. The average Bonchev–Trinajstić information content (AvgIpc) is 2.76. The Morgan fingerprint density at radius 1 is 1.10 bits per heavy atom. The zero-order chi connectivity index (χ0) is 14.7. The molecule has 1 fully saturated rings. The van der Waals surface area contributed by atoms with Crippen molar-refractivity contribution in [1.82, 2.24) is 4.90 Å². The first kappa shape index (κ1) is 14.6. The maximum Gasteiger partial charge on any atom is 0.305 e. The van der Waals surface area contributed by atoms with Crippen molar-refractivity contribution in [2.24, 2.45) is 0 Å². The number of likely N-dealkylation sites (tertiary alicyclic amines) is 1. The molecule has 114 valence electrons. The van der Waals surface area contributed by atoms with Crippen LogP contribution in [-0.2, 0) is 16.8 Å². The molecule has 1 aromatic rings. The van der Waals surface area contributed by atoms with Gasteiger partial charge in [-0.3, -0.25) is 9.69 Å². The molecule has 0 amide bonds. The van der Waals surface area contributed by atoms with E-state index in [2.05, 4.69) is 29.2 Å². The third-order valence-electron chi connectivity index (χ3n) is 5.21. The van der Waals surface area contributed by atoms with E-state index < -0.39 is 5.97 Å². The van der Waals surface area contributed by atoms with Crippen molar-refractivity contribution in [2.75, 3.05) is 13.1 Å². The molecule has 1 aliphatic carbocycles. The summed E-state index contributed by atoms with van der Waals surface area (Å²) < 4.78 is 0. The maximum absolute atomic E-state index is 11.6. The van der Waals surface area contributed by atoms with Gasteiger partial charge in [0, 0.05) is 0 Å². The van der Waals surface area contributed by atoms with Crippen LogP contribution in [0.4, 0.5) is 0 Å². The number of rotatable bonds is 3. The molecule has 1 unspecified atom stereocenters. The first-order valence-electron chi connectivity index (χ1n) is 8.28. The molecule has 1 aromatic carbocycles. The zero-order valence-electron chi connectivity index (χ0n) is 12.7. The molecule has 0 aromatic heterocycles. The minimum atomic E-state index is -0.670. The van der Waals surface area contributed by atoms with Gasteiger partial charge in [0.1, 0.15) is 0 Å². The van der Waals surface area contributed by atoms with Gasteiger partial charge in [-0.1, -0.05) is 37.1 Å². The van der Waals surface area contributed by atoms with Crippen molar-refractivity contribution in [3.63, 3.8) is 0 Å². The summed E-state index contributed by atoms with van der Waals surface area (Å²) in [6.07, 6.45) is 8.36. The van der Waals surface area contributed by atoms with Gasteiger partial charge in [-0.25, -0.2) is 0 Å². The highest BCUT2D eigenvalue weighted by atomic mass is 16.4. The number of hydrogen-bond acceptors (Lipinski definition) is 2. The number of nitrogens with zero attached hydrogens (tertiary/aromatic N) is 1. The number of fused-ring (bicyclic) bond motifs is 1. The Morgan fingerprint density at radius 2 is 1.81 bits per heavy atom. The molecule has 0 bridgehead atoms. The molecule has 0 radical (unpaired) electrons. The lowest BCUT2D eigenvalue weighted by molar-refractivity contribution is -0.141. The lowest BCUT2D eigenvalue weighted by Crippen LogP contribution is -2.50. The van der Waals surface area contributed by atoms with Gasteiger partial charge in [-0.15, -0.1) is 0 Å². The number of carboxylic acid groups (broad SMARTS) is 1. The summed E-state index contributed by atoms with van der Waals surface area (Å²) in [5.41, 5.74) is 2.36. The van der Waals surface area contributed by atoms with Gasteiger partial charge in [0.25, 0.3) is 0 Å². The van der Waals surface area contributed by atoms with Crippen LogP contribution in [0.1, 0.15) is 56.1 Å². The van der Waals surface area contributed by atoms with Gasteiger partial charge < -0.3 is 5.11 Å². The van der Waals surface area contributed by atoms with Gasteiger partial charge in [0.05, 0.1) is 12.0 Å². The van der Waals surface area contributed by atoms with Crippen molar-refractivity contribution >= 4 is 5.97 Å². The summed E-state index contributed by atoms with van der Waals surface area (Å²) in [5, 5.41) is 9.53. The molecule has 3 rings (SSSR count). The molecule has 1 atom stereocenters. The highest BCUT2D eigenvalue weighted by Gasteiger charge is 2.43. The van der Waals surface area contributed by atoms with Gasteiger partial charge in [-0.05, 0) is 56.3 Å². The lowest BCUT2D eigenvalue weighted by Gasteiger charge is -2.47. The van der Waals surface area contributed by atoms with E-state index in [0.717, 1.165) is 32.4 Å². The smallest absolute Gasteiger partial charge is 0.305 e. The van der Waals surface area contributed by atoms with Crippen LogP contribution in [0.5, 0.6) is 0 Å². The van der Waals surface area contributed by atoms with Gasteiger partial charge in [0.15, 0.2) is 0 Å². The lowest BCUT2D eigenvalue weighted by atomic mass is 9.73. The Kier molecular flexibility index (Phi) is 4.29. The molecular weight excluding hydrogens is 262 g/mol. The Balaban J connectivity index is 2.03. The van der Waals surface area contributed by atoms with Gasteiger partial charge >= 0.3 is 5.97 Å².